The van der Waals surface area contributed by atoms with Crippen molar-refractivity contribution in [2.45, 2.75) is 37.4 Å². The highest BCUT2D eigenvalue weighted by Crippen LogP contribution is 2.28. The predicted molar refractivity (Wildman–Crippen MR) is 73.3 cm³/mol. The van der Waals surface area contributed by atoms with Crippen molar-refractivity contribution in [3.8, 4) is 0 Å². The lowest BCUT2D eigenvalue weighted by Gasteiger charge is -2.35. The normalized spacial score (nSPS) is 28.7. The summed E-state index contributed by atoms with van der Waals surface area (Å²) < 4.78 is 0. The molecule has 1 aliphatic rings. The summed E-state index contributed by atoms with van der Waals surface area (Å²) in [5, 5.41) is 20.8. The summed E-state index contributed by atoms with van der Waals surface area (Å²) in [6.07, 6.45) is 4.21. The third-order valence-electron chi connectivity index (χ3n) is 3.41. The van der Waals surface area contributed by atoms with Gasteiger partial charge in [-0.2, -0.15) is 0 Å². The number of aliphatic hydroxyl groups excluding tert-OH is 1. The van der Waals surface area contributed by atoms with E-state index in [0.717, 1.165) is 18.4 Å². The number of hydrogen-bond donors (Lipinski definition) is 2. The minimum Gasteiger partial charge on any atom is -0.390 e. The van der Waals surface area contributed by atoms with Crippen molar-refractivity contribution in [2.75, 3.05) is 6.54 Å². The average molecular weight is 268 g/mol. The number of aliphatic imine (C=N–C) groups is 1. The highest BCUT2D eigenvalue weighted by atomic mass is 35.5. The van der Waals surface area contributed by atoms with E-state index in [-0.39, 0.29) is 6.54 Å². The second kappa shape index (κ2) is 5.83. The monoisotopic (exact) mass is 267 g/mol. The zero-order valence-electron chi connectivity index (χ0n) is 10.2. The van der Waals surface area contributed by atoms with Gasteiger partial charge in [0.2, 0.25) is 0 Å². The first-order valence-corrected chi connectivity index (χ1v) is 6.64. The summed E-state index contributed by atoms with van der Waals surface area (Å²) in [6.45, 7) is 0.237. The fourth-order valence-electron chi connectivity index (χ4n) is 2.28. The van der Waals surface area contributed by atoms with Crippen molar-refractivity contribution in [1.29, 1.82) is 0 Å². The smallest absolute Gasteiger partial charge is 0.110 e. The number of benzene rings is 1. The first-order valence-electron chi connectivity index (χ1n) is 6.26. The van der Waals surface area contributed by atoms with Gasteiger partial charge in [-0.05, 0) is 30.5 Å². The van der Waals surface area contributed by atoms with E-state index in [2.05, 4.69) is 4.99 Å². The quantitative estimate of drug-likeness (QED) is 0.827. The fourth-order valence-corrected chi connectivity index (χ4v) is 2.48. The molecule has 0 bridgehead atoms. The Labute approximate surface area is 112 Å². The van der Waals surface area contributed by atoms with Gasteiger partial charge in [0, 0.05) is 11.2 Å². The Morgan fingerprint density at radius 1 is 1.44 bits per heavy atom. The molecule has 0 amide bonds. The fraction of sp³-hybridized carbons (Fsp3) is 0.500. The van der Waals surface area contributed by atoms with Crippen LogP contribution >= 0.6 is 11.6 Å². The van der Waals surface area contributed by atoms with Crippen molar-refractivity contribution >= 4 is 17.8 Å². The molecular weight excluding hydrogens is 250 g/mol. The van der Waals surface area contributed by atoms with Crippen LogP contribution in [0.25, 0.3) is 0 Å². The SMILES string of the molecule is O[C@@H]1CCCC[C@@]1(O)CN=Cc1cccc(Cl)c1. The summed E-state index contributed by atoms with van der Waals surface area (Å²) in [7, 11) is 0. The van der Waals surface area contributed by atoms with Crippen LogP contribution in [-0.4, -0.2) is 34.7 Å². The highest BCUT2D eigenvalue weighted by molar-refractivity contribution is 6.30. The Kier molecular flexibility index (Phi) is 4.38. The van der Waals surface area contributed by atoms with E-state index < -0.39 is 11.7 Å². The summed E-state index contributed by atoms with van der Waals surface area (Å²) in [5.41, 5.74) is -0.163. The van der Waals surface area contributed by atoms with Gasteiger partial charge in [-0.3, -0.25) is 4.99 Å². The molecule has 0 spiro atoms. The van der Waals surface area contributed by atoms with Crippen molar-refractivity contribution in [1.82, 2.24) is 0 Å². The van der Waals surface area contributed by atoms with Gasteiger partial charge in [0.1, 0.15) is 5.60 Å². The molecular formula is C14H18ClNO2. The number of nitrogens with zero attached hydrogens (tertiary/aromatic N) is 1. The second-order valence-electron chi connectivity index (χ2n) is 4.89. The van der Waals surface area contributed by atoms with E-state index >= 15 is 0 Å². The van der Waals surface area contributed by atoms with Gasteiger partial charge in [0.05, 0.1) is 12.6 Å². The van der Waals surface area contributed by atoms with Gasteiger partial charge in [-0.1, -0.05) is 36.6 Å². The molecule has 0 aromatic heterocycles. The molecule has 4 heteroatoms. The minimum absolute atomic E-state index is 0.237. The van der Waals surface area contributed by atoms with Gasteiger partial charge in [-0.25, -0.2) is 0 Å². The summed E-state index contributed by atoms with van der Waals surface area (Å²) in [6, 6.07) is 7.37. The lowest BCUT2D eigenvalue weighted by atomic mass is 9.82. The van der Waals surface area contributed by atoms with E-state index in [1.54, 1.807) is 12.3 Å². The zero-order chi connectivity index (χ0) is 13.0. The van der Waals surface area contributed by atoms with Crippen molar-refractivity contribution in [3.63, 3.8) is 0 Å². The van der Waals surface area contributed by atoms with Crippen molar-refractivity contribution < 1.29 is 10.2 Å². The summed E-state index contributed by atoms with van der Waals surface area (Å²) in [5.74, 6) is 0. The van der Waals surface area contributed by atoms with E-state index in [4.69, 9.17) is 11.6 Å². The van der Waals surface area contributed by atoms with E-state index in [9.17, 15) is 10.2 Å². The molecule has 1 saturated carbocycles. The number of hydrogen-bond acceptors (Lipinski definition) is 3. The minimum atomic E-state index is -1.06. The van der Waals surface area contributed by atoms with Crippen molar-refractivity contribution in [3.05, 3.63) is 34.9 Å². The molecule has 1 fully saturated rings. The van der Waals surface area contributed by atoms with Gasteiger partial charge in [0.15, 0.2) is 0 Å². The van der Waals surface area contributed by atoms with E-state index in [0.29, 0.717) is 17.9 Å². The molecule has 1 aliphatic carbocycles. The molecule has 2 N–H and O–H groups in total. The average Bonchev–Trinajstić information content (AvgIpc) is 2.33. The van der Waals surface area contributed by atoms with Crippen molar-refractivity contribution in [2.24, 2.45) is 4.99 Å². The third kappa shape index (κ3) is 3.31. The van der Waals surface area contributed by atoms with Crippen LogP contribution < -0.4 is 0 Å². The van der Waals surface area contributed by atoms with E-state index in [1.165, 1.54) is 0 Å². The molecule has 98 valence electrons. The van der Waals surface area contributed by atoms with Crippen LogP contribution in [-0.2, 0) is 0 Å². The van der Waals surface area contributed by atoms with Crippen LogP contribution in [0, 0.1) is 0 Å². The standard InChI is InChI=1S/C14H18ClNO2/c15-12-5-3-4-11(8-12)9-16-10-14(18)7-2-1-6-13(14)17/h3-5,8-9,13,17-18H,1-2,6-7,10H2/t13-,14-/m1/s1. The Morgan fingerprint density at radius 2 is 2.28 bits per heavy atom. The second-order valence-corrected chi connectivity index (χ2v) is 5.33. The van der Waals surface area contributed by atoms with Gasteiger partial charge >= 0.3 is 0 Å². The predicted octanol–water partition coefficient (Wildman–Crippen LogP) is 2.42. The largest absolute Gasteiger partial charge is 0.390 e. The third-order valence-corrected chi connectivity index (χ3v) is 3.65. The first kappa shape index (κ1) is 13.5. The molecule has 0 unspecified atom stereocenters. The maximum Gasteiger partial charge on any atom is 0.110 e. The molecule has 18 heavy (non-hydrogen) atoms. The Morgan fingerprint density at radius 3 is 3.00 bits per heavy atom. The Hall–Kier alpha value is -0.900. The maximum atomic E-state index is 10.3. The molecule has 3 nitrogen and oxygen atoms in total. The van der Waals surface area contributed by atoms with E-state index in [1.807, 2.05) is 18.2 Å². The summed E-state index contributed by atoms with van der Waals surface area (Å²) in [4.78, 5) is 4.23. The zero-order valence-corrected chi connectivity index (χ0v) is 11.0. The molecule has 2 atom stereocenters. The van der Waals surface area contributed by atoms with Crippen LogP contribution in [0.3, 0.4) is 0 Å². The maximum absolute atomic E-state index is 10.3. The number of aliphatic hydroxyl groups is 2. The van der Waals surface area contributed by atoms with Crippen LogP contribution in [0.4, 0.5) is 0 Å². The number of halogens is 1. The van der Waals surface area contributed by atoms with Gasteiger partial charge in [0.25, 0.3) is 0 Å². The van der Waals surface area contributed by atoms with Crippen LogP contribution in [0.5, 0.6) is 0 Å². The molecule has 0 saturated heterocycles. The Balaban J connectivity index is 1.98. The molecule has 0 heterocycles. The Bertz CT molecular complexity index is 436. The first-order chi connectivity index (χ1) is 8.60. The highest BCUT2D eigenvalue weighted by Gasteiger charge is 2.37. The van der Waals surface area contributed by atoms with Gasteiger partial charge < -0.3 is 10.2 Å². The van der Waals surface area contributed by atoms with Crippen LogP contribution in [0.1, 0.15) is 31.2 Å². The topological polar surface area (TPSA) is 52.8 Å². The molecule has 1 aromatic rings. The van der Waals surface area contributed by atoms with Crippen LogP contribution in [0.2, 0.25) is 5.02 Å². The molecule has 0 aliphatic heterocycles. The lowest BCUT2D eigenvalue weighted by molar-refractivity contribution is -0.0921. The summed E-state index contributed by atoms with van der Waals surface area (Å²) >= 11 is 5.87. The molecule has 1 aromatic carbocycles. The van der Waals surface area contributed by atoms with Gasteiger partial charge in [-0.15, -0.1) is 0 Å². The molecule has 0 radical (unpaired) electrons. The number of rotatable bonds is 3. The molecule has 2 rings (SSSR count). The van der Waals surface area contributed by atoms with Crippen LogP contribution in [0.15, 0.2) is 29.3 Å². The lowest BCUT2D eigenvalue weighted by Crippen LogP contribution is -2.47.